The summed E-state index contributed by atoms with van der Waals surface area (Å²) in [5.74, 6) is 1.52. The van der Waals surface area contributed by atoms with Gasteiger partial charge in [0.1, 0.15) is 0 Å². The lowest BCUT2D eigenvalue weighted by Gasteiger charge is -2.39. The highest BCUT2D eigenvalue weighted by Crippen LogP contribution is 2.37. The predicted octanol–water partition coefficient (Wildman–Crippen LogP) is 5.47. The molecule has 140 valence electrons. The quantitative estimate of drug-likeness (QED) is 0.589. The Morgan fingerprint density at radius 1 is 0.889 bits per heavy atom. The molecule has 1 fully saturated rings. The number of benzene rings is 2. The molecular formula is C22H25N3OS. The van der Waals surface area contributed by atoms with Gasteiger partial charge in [0.2, 0.25) is 5.82 Å². The second-order valence-corrected chi connectivity index (χ2v) is 7.78. The van der Waals surface area contributed by atoms with Crippen molar-refractivity contribution in [2.75, 3.05) is 4.90 Å². The Labute approximate surface area is 165 Å². The van der Waals surface area contributed by atoms with Crippen molar-refractivity contribution in [3.63, 3.8) is 0 Å². The molecule has 0 bridgehead atoms. The zero-order valence-corrected chi connectivity index (χ0v) is 16.6. The number of hydrogen-bond donors (Lipinski definition) is 0. The highest BCUT2D eigenvalue weighted by Gasteiger charge is 2.31. The van der Waals surface area contributed by atoms with Crippen molar-refractivity contribution < 1.29 is 4.74 Å². The monoisotopic (exact) mass is 379 g/mol. The van der Waals surface area contributed by atoms with Gasteiger partial charge in [0.05, 0.1) is 11.7 Å². The van der Waals surface area contributed by atoms with E-state index in [4.69, 9.17) is 4.74 Å². The fourth-order valence-electron chi connectivity index (χ4n) is 3.94. The zero-order valence-electron chi connectivity index (χ0n) is 15.8. The van der Waals surface area contributed by atoms with Crippen molar-refractivity contribution in [1.82, 2.24) is 8.75 Å². The van der Waals surface area contributed by atoms with E-state index in [0.717, 1.165) is 16.9 Å². The molecule has 0 amide bonds. The summed E-state index contributed by atoms with van der Waals surface area (Å²) in [7, 11) is 0. The van der Waals surface area contributed by atoms with Crippen LogP contribution in [0.25, 0.3) is 0 Å². The molecular weight excluding hydrogens is 354 g/mol. The maximum absolute atomic E-state index is 6.50. The lowest BCUT2D eigenvalue weighted by molar-refractivity contribution is 0.238. The van der Waals surface area contributed by atoms with Crippen LogP contribution in [0.2, 0.25) is 0 Å². The molecule has 1 aliphatic heterocycles. The molecule has 1 aliphatic rings. The molecule has 1 aromatic heterocycles. The van der Waals surface area contributed by atoms with Gasteiger partial charge in [-0.05, 0) is 44.2 Å². The van der Waals surface area contributed by atoms with Crippen LogP contribution in [-0.4, -0.2) is 20.8 Å². The van der Waals surface area contributed by atoms with Crippen LogP contribution in [0.15, 0.2) is 60.7 Å². The van der Waals surface area contributed by atoms with Gasteiger partial charge >= 0.3 is 0 Å². The third kappa shape index (κ3) is 3.83. The summed E-state index contributed by atoms with van der Waals surface area (Å²) >= 11 is 1.23. The van der Waals surface area contributed by atoms with Crippen LogP contribution >= 0.6 is 11.7 Å². The van der Waals surface area contributed by atoms with E-state index in [1.54, 1.807) is 0 Å². The fraction of sp³-hybridized carbons (Fsp3) is 0.364. The van der Waals surface area contributed by atoms with Crippen LogP contribution in [0.4, 0.5) is 5.82 Å². The van der Waals surface area contributed by atoms with Gasteiger partial charge < -0.3 is 9.64 Å². The Morgan fingerprint density at radius 3 is 2.00 bits per heavy atom. The topological polar surface area (TPSA) is 38.2 Å². The number of ether oxygens (including phenoxy) is 1. The van der Waals surface area contributed by atoms with E-state index in [1.165, 1.54) is 31.0 Å². The molecule has 5 heteroatoms. The zero-order chi connectivity index (χ0) is 18.6. The van der Waals surface area contributed by atoms with E-state index in [1.807, 2.05) is 36.4 Å². The normalized spacial score (nSPS) is 20.0. The average Bonchev–Trinajstić information content (AvgIpc) is 3.15. The number of anilines is 1. The minimum absolute atomic E-state index is 0.203. The maximum Gasteiger partial charge on any atom is 0.271 e. The highest BCUT2D eigenvalue weighted by molar-refractivity contribution is 6.99. The molecule has 0 spiro atoms. The molecule has 1 saturated heterocycles. The first kappa shape index (κ1) is 18.0. The number of hydrogen-bond acceptors (Lipinski definition) is 5. The number of piperidine rings is 1. The molecule has 0 aliphatic carbocycles. The van der Waals surface area contributed by atoms with Gasteiger partial charge in [0.15, 0.2) is 6.10 Å². The highest BCUT2D eigenvalue weighted by atomic mass is 32.1. The molecule has 2 unspecified atom stereocenters. The van der Waals surface area contributed by atoms with Gasteiger partial charge in [-0.2, -0.15) is 4.37 Å². The largest absolute Gasteiger partial charge is 0.461 e. The summed E-state index contributed by atoms with van der Waals surface area (Å²) in [6, 6.07) is 21.5. The third-order valence-corrected chi connectivity index (χ3v) is 5.82. The summed E-state index contributed by atoms with van der Waals surface area (Å²) in [5.41, 5.74) is 2.23. The van der Waals surface area contributed by atoms with Gasteiger partial charge in [-0.3, -0.25) is 0 Å². The van der Waals surface area contributed by atoms with E-state index < -0.39 is 0 Å². The molecule has 4 rings (SSSR count). The first-order valence-electron chi connectivity index (χ1n) is 9.61. The first-order chi connectivity index (χ1) is 13.2. The SMILES string of the molecule is CC1CCCC(C)N1c1nsnc1OC(c1ccccc1)c1ccccc1. The molecule has 2 atom stereocenters. The molecule has 0 N–H and O–H groups in total. The molecule has 3 aromatic rings. The van der Waals surface area contributed by atoms with Crippen LogP contribution in [-0.2, 0) is 0 Å². The summed E-state index contributed by atoms with van der Waals surface area (Å²) < 4.78 is 15.6. The van der Waals surface area contributed by atoms with Crippen molar-refractivity contribution in [1.29, 1.82) is 0 Å². The average molecular weight is 380 g/mol. The number of nitrogens with zero attached hydrogens (tertiary/aromatic N) is 3. The first-order valence-corrected chi connectivity index (χ1v) is 10.3. The van der Waals surface area contributed by atoms with Crippen LogP contribution in [0.1, 0.15) is 50.3 Å². The van der Waals surface area contributed by atoms with Crippen LogP contribution in [0, 0.1) is 0 Å². The van der Waals surface area contributed by atoms with Gasteiger partial charge in [-0.15, -0.1) is 4.37 Å². The number of aromatic nitrogens is 2. The van der Waals surface area contributed by atoms with Gasteiger partial charge in [-0.1, -0.05) is 60.7 Å². The van der Waals surface area contributed by atoms with E-state index in [0.29, 0.717) is 18.0 Å². The smallest absolute Gasteiger partial charge is 0.271 e. The molecule has 27 heavy (non-hydrogen) atoms. The Bertz CT molecular complexity index is 803. The summed E-state index contributed by atoms with van der Waals surface area (Å²) in [6.07, 6.45) is 3.43. The molecule has 2 aromatic carbocycles. The minimum atomic E-state index is -0.203. The minimum Gasteiger partial charge on any atom is -0.461 e. The van der Waals surface area contributed by atoms with Gasteiger partial charge in [0.25, 0.3) is 5.88 Å². The van der Waals surface area contributed by atoms with Crippen molar-refractivity contribution in [2.45, 2.75) is 51.3 Å². The number of rotatable bonds is 5. The lowest BCUT2D eigenvalue weighted by Crippen LogP contribution is -2.44. The van der Waals surface area contributed by atoms with Crippen molar-refractivity contribution in [3.8, 4) is 5.88 Å². The van der Waals surface area contributed by atoms with E-state index in [2.05, 4.69) is 51.8 Å². The Balaban J connectivity index is 1.68. The molecule has 0 saturated carbocycles. The van der Waals surface area contributed by atoms with Crippen molar-refractivity contribution >= 4 is 17.5 Å². The second kappa shape index (κ2) is 8.09. The standard InChI is InChI=1S/C22H25N3OS/c1-16-10-9-11-17(2)25(16)21-22(24-27-23-21)26-20(18-12-5-3-6-13-18)19-14-7-4-8-15-19/h3-8,12-17,20H,9-11H2,1-2H3. The summed E-state index contributed by atoms with van der Waals surface area (Å²) in [4.78, 5) is 2.38. The lowest BCUT2D eigenvalue weighted by atomic mass is 9.97. The van der Waals surface area contributed by atoms with Crippen molar-refractivity contribution in [2.24, 2.45) is 0 Å². The van der Waals surface area contributed by atoms with E-state index in [-0.39, 0.29) is 6.10 Å². The van der Waals surface area contributed by atoms with E-state index in [9.17, 15) is 0 Å². The Hall–Kier alpha value is -2.40. The van der Waals surface area contributed by atoms with E-state index >= 15 is 0 Å². The Kier molecular flexibility index (Phi) is 5.39. The van der Waals surface area contributed by atoms with Crippen LogP contribution < -0.4 is 9.64 Å². The van der Waals surface area contributed by atoms with Gasteiger partial charge in [0, 0.05) is 12.1 Å². The van der Waals surface area contributed by atoms with Gasteiger partial charge in [-0.25, -0.2) is 0 Å². The predicted molar refractivity (Wildman–Crippen MR) is 111 cm³/mol. The summed E-state index contributed by atoms with van der Waals surface area (Å²) in [5, 5.41) is 0. The van der Waals surface area contributed by atoms with Crippen LogP contribution in [0.5, 0.6) is 5.88 Å². The maximum atomic E-state index is 6.50. The second-order valence-electron chi connectivity index (χ2n) is 7.25. The fourth-order valence-corrected chi connectivity index (χ4v) is 4.43. The Morgan fingerprint density at radius 2 is 1.44 bits per heavy atom. The molecule has 0 radical (unpaired) electrons. The van der Waals surface area contributed by atoms with Crippen molar-refractivity contribution in [3.05, 3.63) is 71.8 Å². The van der Waals surface area contributed by atoms with Crippen LogP contribution in [0.3, 0.4) is 0 Å². The third-order valence-electron chi connectivity index (χ3n) is 5.31. The molecule has 2 heterocycles. The molecule has 4 nitrogen and oxygen atoms in total. The summed E-state index contributed by atoms with van der Waals surface area (Å²) in [6.45, 7) is 4.54.